The Kier molecular flexibility index (Phi) is 5.31. The number of hydrogen-bond acceptors (Lipinski definition) is 7. The predicted octanol–water partition coefficient (Wildman–Crippen LogP) is 1.31. The summed E-state index contributed by atoms with van der Waals surface area (Å²) in [4.78, 5) is 11.3. The Morgan fingerprint density at radius 1 is 1.43 bits per heavy atom. The van der Waals surface area contributed by atoms with Gasteiger partial charge < -0.3 is 15.1 Å². The third-order valence-electron chi connectivity index (χ3n) is 3.58. The number of hydrogen-bond donors (Lipinski definition) is 2. The van der Waals surface area contributed by atoms with Crippen LogP contribution in [-0.4, -0.2) is 36.8 Å². The first-order chi connectivity index (χ1) is 10.2. The Labute approximate surface area is 125 Å². The van der Waals surface area contributed by atoms with Crippen molar-refractivity contribution in [3.05, 3.63) is 11.4 Å². The molecule has 2 rings (SSSR count). The van der Waals surface area contributed by atoms with E-state index in [1.165, 1.54) is 0 Å². The molecule has 114 valence electrons. The zero-order valence-corrected chi connectivity index (χ0v) is 12.6. The van der Waals surface area contributed by atoms with Crippen LogP contribution in [0.4, 0.5) is 11.6 Å². The fourth-order valence-corrected chi connectivity index (χ4v) is 2.20. The number of nitriles is 1. The van der Waals surface area contributed by atoms with E-state index in [4.69, 9.17) is 20.8 Å². The standard InChI is InChI=1S/C14H22N6O/c1-10-12(19-16)17-13(11-4-5-11)18-14(10)20(7-3-6-15)8-9-21-2/h11H,3-5,7-9,16H2,1-2H3,(H,17,18,19). The van der Waals surface area contributed by atoms with E-state index in [-0.39, 0.29) is 0 Å². The molecule has 0 spiro atoms. The van der Waals surface area contributed by atoms with Crippen molar-refractivity contribution in [1.82, 2.24) is 9.97 Å². The third-order valence-corrected chi connectivity index (χ3v) is 3.58. The van der Waals surface area contributed by atoms with Crippen LogP contribution in [-0.2, 0) is 4.74 Å². The number of rotatable bonds is 8. The second-order valence-corrected chi connectivity index (χ2v) is 5.19. The van der Waals surface area contributed by atoms with Gasteiger partial charge in [0.15, 0.2) is 0 Å². The minimum atomic E-state index is 0.441. The average Bonchev–Trinajstić information content (AvgIpc) is 3.33. The van der Waals surface area contributed by atoms with Crippen LogP contribution in [0.1, 0.15) is 36.6 Å². The van der Waals surface area contributed by atoms with Crippen LogP contribution >= 0.6 is 0 Å². The Balaban J connectivity index is 2.32. The molecule has 0 aromatic carbocycles. The van der Waals surface area contributed by atoms with Crippen LogP contribution < -0.4 is 16.2 Å². The molecule has 1 aromatic rings. The van der Waals surface area contributed by atoms with Gasteiger partial charge in [-0.3, -0.25) is 0 Å². The van der Waals surface area contributed by atoms with Crippen molar-refractivity contribution in [2.45, 2.75) is 32.1 Å². The molecule has 0 amide bonds. The summed E-state index contributed by atoms with van der Waals surface area (Å²) in [6.45, 7) is 3.82. The molecule has 7 heteroatoms. The van der Waals surface area contributed by atoms with Crippen molar-refractivity contribution in [3.8, 4) is 6.07 Å². The van der Waals surface area contributed by atoms with E-state index in [9.17, 15) is 0 Å². The first-order valence-electron chi connectivity index (χ1n) is 7.17. The van der Waals surface area contributed by atoms with E-state index in [0.29, 0.717) is 37.9 Å². The Morgan fingerprint density at radius 2 is 2.19 bits per heavy atom. The van der Waals surface area contributed by atoms with Crippen LogP contribution in [0.5, 0.6) is 0 Å². The summed E-state index contributed by atoms with van der Waals surface area (Å²) in [5.74, 6) is 8.34. The van der Waals surface area contributed by atoms with Crippen molar-refractivity contribution in [2.24, 2.45) is 5.84 Å². The van der Waals surface area contributed by atoms with Crippen LogP contribution in [0, 0.1) is 18.3 Å². The van der Waals surface area contributed by atoms with E-state index in [2.05, 4.69) is 21.4 Å². The number of nitrogen functional groups attached to an aromatic ring is 1. The second-order valence-electron chi connectivity index (χ2n) is 5.19. The van der Waals surface area contributed by atoms with Gasteiger partial charge in [-0.2, -0.15) is 5.26 Å². The number of nitrogens with zero attached hydrogens (tertiary/aromatic N) is 4. The lowest BCUT2D eigenvalue weighted by molar-refractivity contribution is 0.205. The molecule has 1 heterocycles. The number of anilines is 2. The maximum Gasteiger partial charge on any atom is 0.148 e. The van der Waals surface area contributed by atoms with Gasteiger partial charge in [0, 0.05) is 31.7 Å². The largest absolute Gasteiger partial charge is 0.383 e. The first-order valence-corrected chi connectivity index (χ1v) is 7.17. The fourth-order valence-electron chi connectivity index (χ4n) is 2.20. The molecule has 1 aromatic heterocycles. The number of nitrogens with two attached hydrogens (primary N) is 1. The van der Waals surface area contributed by atoms with E-state index < -0.39 is 0 Å². The van der Waals surface area contributed by atoms with Crippen molar-refractivity contribution in [2.75, 3.05) is 37.1 Å². The van der Waals surface area contributed by atoms with Gasteiger partial charge in [0.25, 0.3) is 0 Å². The third kappa shape index (κ3) is 3.80. The van der Waals surface area contributed by atoms with Gasteiger partial charge in [-0.25, -0.2) is 15.8 Å². The van der Waals surface area contributed by atoms with Crippen molar-refractivity contribution < 1.29 is 4.74 Å². The summed E-state index contributed by atoms with van der Waals surface area (Å²) in [7, 11) is 1.66. The van der Waals surface area contributed by atoms with Gasteiger partial charge in [-0.1, -0.05) is 0 Å². The van der Waals surface area contributed by atoms with Gasteiger partial charge in [0.2, 0.25) is 0 Å². The van der Waals surface area contributed by atoms with E-state index in [0.717, 1.165) is 30.0 Å². The molecule has 1 fully saturated rings. The SMILES string of the molecule is COCCN(CCC#N)c1nc(C2CC2)nc(NN)c1C. The van der Waals surface area contributed by atoms with E-state index in [1.807, 2.05) is 6.92 Å². The molecule has 0 atom stereocenters. The van der Waals surface area contributed by atoms with Crippen molar-refractivity contribution >= 4 is 11.6 Å². The fraction of sp³-hybridized carbons (Fsp3) is 0.643. The molecule has 7 nitrogen and oxygen atoms in total. The number of aromatic nitrogens is 2. The number of hydrazine groups is 1. The van der Waals surface area contributed by atoms with Crippen molar-refractivity contribution in [3.63, 3.8) is 0 Å². The van der Waals surface area contributed by atoms with Crippen LogP contribution in [0.3, 0.4) is 0 Å². The molecule has 1 aliphatic rings. The predicted molar refractivity (Wildman–Crippen MR) is 80.9 cm³/mol. The summed E-state index contributed by atoms with van der Waals surface area (Å²) in [6.07, 6.45) is 2.70. The molecule has 0 radical (unpaired) electrons. The molecule has 0 saturated heterocycles. The maximum atomic E-state index is 8.84. The Morgan fingerprint density at radius 3 is 2.76 bits per heavy atom. The lowest BCUT2D eigenvalue weighted by Crippen LogP contribution is -2.30. The molecule has 0 unspecified atom stereocenters. The van der Waals surface area contributed by atoms with E-state index >= 15 is 0 Å². The highest BCUT2D eigenvalue weighted by atomic mass is 16.5. The highest BCUT2D eigenvalue weighted by Gasteiger charge is 2.29. The summed E-state index contributed by atoms with van der Waals surface area (Å²) in [5.41, 5.74) is 3.55. The maximum absolute atomic E-state index is 8.84. The summed E-state index contributed by atoms with van der Waals surface area (Å²) < 4.78 is 5.15. The number of ether oxygens (including phenoxy) is 1. The highest BCUT2D eigenvalue weighted by Crippen LogP contribution is 2.39. The zero-order valence-electron chi connectivity index (χ0n) is 12.6. The lowest BCUT2D eigenvalue weighted by atomic mass is 10.2. The molecular weight excluding hydrogens is 268 g/mol. The Hall–Kier alpha value is -1.91. The molecule has 21 heavy (non-hydrogen) atoms. The average molecular weight is 290 g/mol. The van der Waals surface area contributed by atoms with Gasteiger partial charge >= 0.3 is 0 Å². The summed E-state index contributed by atoms with van der Waals surface area (Å²) in [6, 6.07) is 2.18. The smallest absolute Gasteiger partial charge is 0.148 e. The molecule has 1 aliphatic carbocycles. The molecule has 3 N–H and O–H groups in total. The number of methoxy groups -OCH3 is 1. The van der Waals surface area contributed by atoms with Gasteiger partial charge in [-0.15, -0.1) is 0 Å². The minimum absolute atomic E-state index is 0.441. The topological polar surface area (TPSA) is 100 Å². The van der Waals surface area contributed by atoms with Crippen LogP contribution in [0.25, 0.3) is 0 Å². The molecule has 0 bridgehead atoms. The second kappa shape index (κ2) is 7.20. The normalized spacial score (nSPS) is 13.8. The monoisotopic (exact) mass is 290 g/mol. The molecule has 0 aliphatic heterocycles. The summed E-state index contributed by atoms with van der Waals surface area (Å²) in [5, 5.41) is 8.84. The van der Waals surface area contributed by atoms with E-state index in [1.54, 1.807) is 7.11 Å². The van der Waals surface area contributed by atoms with Crippen LogP contribution in [0.15, 0.2) is 0 Å². The zero-order chi connectivity index (χ0) is 15.2. The first kappa shape index (κ1) is 15.5. The quantitative estimate of drug-likeness (QED) is 0.550. The lowest BCUT2D eigenvalue weighted by Gasteiger charge is -2.25. The summed E-state index contributed by atoms with van der Waals surface area (Å²) >= 11 is 0. The minimum Gasteiger partial charge on any atom is -0.383 e. The van der Waals surface area contributed by atoms with Gasteiger partial charge in [0.1, 0.15) is 17.5 Å². The number of nitrogens with one attached hydrogen (secondary N) is 1. The van der Waals surface area contributed by atoms with Crippen LogP contribution in [0.2, 0.25) is 0 Å². The Bertz CT molecular complexity index is 523. The highest BCUT2D eigenvalue weighted by molar-refractivity contribution is 5.58. The van der Waals surface area contributed by atoms with Gasteiger partial charge in [0.05, 0.1) is 19.1 Å². The van der Waals surface area contributed by atoms with Gasteiger partial charge in [-0.05, 0) is 19.8 Å². The molecular formula is C14H22N6O. The van der Waals surface area contributed by atoms with Crippen molar-refractivity contribution in [1.29, 1.82) is 5.26 Å². The molecule has 1 saturated carbocycles.